The zero-order valence-electron chi connectivity index (χ0n) is 17.4. The summed E-state index contributed by atoms with van der Waals surface area (Å²) >= 11 is 5.11. The lowest BCUT2D eigenvalue weighted by Gasteiger charge is -2.11. The molecule has 0 aliphatic heterocycles. The van der Waals surface area contributed by atoms with Crippen molar-refractivity contribution in [2.45, 2.75) is 33.3 Å². The highest BCUT2D eigenvalue weighted by Gasteiger charge is 2.11. The summed E-state index contributed by atoms with van der Waals surface area (Å²) in [6.07, 6.45) is 5.50. The Morgan fingerprint density at radius 2 is 1.90 bits per heavy atom. The Balaban J connectivity index is 1.72. The molecular formula is C25H25BrO3S. The Morgan fingerprint density at radius 3 is 2.60 bits per heavy atom. The van der Waals surface area contributed by atoms with E-state index in [2.05, 4.69) is 22.9 Å². The minimum absolute atomic E-state index is 0.0105. The van der Waals surface area contributed by atoms with Crippen molar-refractivity contribution in [3.8, 4) is 11.5 Å². The molecule has 0 atom stereocenters. The van der Waals surface area contributed by atoms with E-state index in [1.807, 2.05) is 61.5 Å². The number of carbonyl (C=O) groups excluding carboxylic acids is 1. The third kappa shape index (κ3) is 5.83. The first-order valence-electron chi connectivity index (χ1n) is 9.87. The van der Waals surface area contributed by atoms with Crippen molar-refractivity contribution < 1.29 is 14.3 Å². The normalized spacial score (nSPS) is 11.1. The number of benzene rings is 2. The molecule has 1 heterocycles. The van der Waals surface area contributed by atoms with Crippen molar-refractivity contribution in [2.75, 3.05) is 7.11 Å². The SMILES string of the molecule is CCCc1sc(C(=O)/C=C/c2ccc(OC)c(COc3ccc(C)cc3)c2)cc1Br. The molecule has 3 aromatic rings. The van der Waals surface area contributed by atoms with Gasteiger partial charge in [0.15, 0.2) is 5.78 Å². The Hall–Kier alpha value is -2.37. The zero-order valence-corrected chi connectivity index (χ0v) is 19.8. The molecule has 156 valence electrons. The smallest absolute Gasteiger partial charge is 0.195 e. The average Bonchev–Trinajstić information content (AvgIpc) is 3.12. The van der Waals surface area contributed by atoms with Gasteiger partial charge in [0.2, 0.25) is 0 Å². The van der Waals surface area contributed by atoms with Gasteiger partial charge >= 0.3 is 0 Å². The van der Waals surface area contributed by atoms with Crippen LogP contribution in [0.2, 0.25) is 0 Å². The highest BCUT2D eigenvalue weighted by Crippen LogP contribution is 2.29. The number of hydrogen-bond donors (Lipinski definition) is 0. The summed E-state index contributed by atoms with van der Waals surface area (Å²) in [4.78, 5) is 14.6. The molecule has 2 aromatic carbocycles. The molecule has 0 saturated heterocycles. The molecule has 0 unspecified atom stereocenters. The molecule has 0 spiro atoms. The number of methoxy groups -OCH3 is 1. The summed E-state index contributed by atoms with van der Waals surface area (Å²) in [5.41, 5.74) is 3.05. The van der Waals surface area contributed by atoms with Crippen molar-refractivity contribution in [3.63, 3.8) is 0 Å². The molecular weight excluding hydrogens is 460 g/mol. The highest BCUT2D eigenvalue weighted by atomic mass is 79.9. The Labute approximate surface area is 190 Å². The fraction of sp³-hybridized carbons (Fsp3) is 0.240. The molecule has 0 saturated carbocycles. The second-order valence-electron chi connectivity index (χ2n) is 7.00. The Kier molecular flexibility index (Phi) is 7.88. The van der Waals surface area contributed by atoms with Crippen LogP contribution in [0, 0.1) is 6.92 Å². The van der Waals surface area contributed by atoms with Gasteiger partial charge in [-0.1, -0.05) is 43.2 Å². The van der Waals surface area contributed by atoms with E-state index in [1.54, 1.807) is 24.5 Å². The molecule has 1 aromatic heterocycles. The summed E-state index contributed by atoms with van der Waals surface area (Å²) in [6.45, 7) is 4.57. The van der Waals surface area contributed by atoms with Crippen molar-refractivity contribution in [1.82, 2.24) is 0 Å². The number of halogens is 1. The van der Waals surface area contributed by atoms with Gasteiger partial charge in [0.1, 0.15) is 18.1 Å². The van der Waals surface area contributed by atoms with E-state index >= 15 is 0 Å². The van der Waals surface area contributed by atoms with Crippen LogP contribution in [0.3, 0.4) is 0 Å². The molecule has 5 heteroatoms. The third-order valence-corrected chi connectivity index (χ3v) is 6.80. The minimum atomic E-state index is 0.0105. The molecule has 0 aliphatic carbocycles. The Bertz CT molecular complexity index is 1040. The molecule has 0 amide bonds. The van der Waals surface area contributed by atoms with Crippen LogP contribution in [-0.4, -0.2) is 12.9 Å². The molecule has 0 fully saturated rings. The van der Waals surface area contributed by atoms with Gasteiger partial charge in [0.25, 0.3) is 0 Å². The molecule has 3 nitrogen and oxygen atoms in total. The van der Waals surface area contributed by atoms with Gasteiger partial charge < -0.3 is 9.47 Å². The first-order valence-corrected chi connectivity index (χ1v) is 11.5. The lowest BCUT2D eigenvalue weighted by molar-refractivity contribution is 0.105. The van der Waals surface area contributed by atoms with E-state index in [1.165, 1.54) is 10.4 Å². The van der Waals surface area contributed by atoms with Gasteiger partial charge in [-0.3, -0.25) is 4.79 Å². The van der Waals surface area contributed by atoms with E-state index in [4.69, 9.17) is 9.47 Å². The van der Waals surface area contributed by atoms with Gasteiger partial charge in [-0.15, -0.1) is 11.3 Å². The van der Waals surface area contributed by atoms with Crippen LogP contribution < -0.4 is 9.47 Å². The molecule has 30 heavy (non-hydrogen) atoms. The summed E-state index contributed by atoms with van der Waals surface area (Å²) in [7, 11) is 1.65. The summed E-state index contributed by atoms with van der Waals surface area (Å²) in [5.74, 6) is 1.58. The first-order chi connectivity index (χ1) is 14.5. The number of allylic oxidation sites excluding steroid dienone is 1. The van der Waals surface area contributed by atoms with Crippen molar-refractivity contribution in [2.24, 2.45) is 0 Å². The van der Waals surface area contributed by atoms with Crippen LogP contribution in [0.1, 0.15) is 44.6 Å². The van der Waals surface area contributed by atoms with Crippen LogP contribution in [0.4, 0.5) is 0 Å². The number of thiophene rings is 1. The number of carbonyl (C=O) groups is 1. The van der Waals surface area contributed by atoms with E-state index in [9.17, 15) is 4.79 Å². The van der Waals surface area contributed by atoms with Crippen molar-refractivity contribution in [3.05, 3.63) is 85.5 Å². The van der Waals surface area contributed by atoms with Gasteiger partial charge in [-0.25, -0.2) is 0 Å². The zero-order chi connectivity index (χ0) is 21.5. The largest absolute Gasteiger partial charge is 0.496 e. The Morgan fingerprint density at radius 1 is 1.13 bits per heavy atom. The second-order valence-corrected chi connectivity index (χ2v) is 8.99. The predicted octanol–water partition coefficient (Wildman–Crippen LogP) is 7.26. The van der Waals surface area contributed by atoms with E-state index in [-0.39, 0.29) is 5.78 Å². The van der Waals surface area contributed by atoms with Crippen LogP contribution in [0.25, 0.3) is 6.08 Å². The summed E-state index contributed by atoms with van der Waals surface area (Å²) in [5, 5.41) is 0. The quantitative estimate of drug-likeness (QED) is 0.237. The standard InChI is InChI=1S/C25H25BrO3S/c1-4-5-24-21(26)15-25(30-24)22(27)12-8-18-9-13-23(28-3)19(14-18)16-29-20-10-6-17(2)7-11-20/h6-15H,4-5,16H2,1-3H3/b12-8+. The summed E-state index contributed by atoms with van der Waals surface area (Å²) in [6, 6.07) is 15.7. The maximum atomic E-state index is 12.6. The number of ketones is 1. The van der Waals surface area contributed by atoms with E-state index in [0.717, 1.165) is 44.8 Å². The van der Waals surface area contributed by atoms with Crippen LogP contribution in [0.15, 0.2) is 59.1 Å². The number of rotatable bonds is 9. The molecule has 0 aliphatic rings. The lowest BCUT2D eigenvalue weighted by atomic mass is 10.1. The molecule has 3 rings (SSSR count). The molecule has 0 bridgehead atoms. The fourth-order valence-electron chi connectivity index (χ4n) is 2.99. The topological polar surface area (TPSA) is 35.5 Å². The predicted molar refractivity (Wildman–Crippen MR) is 128 cm³/mol. The van der Waals surface area contributed by atoms with E-state index < -0.39 is 0 Å². The second kappa shape index (κ2) is 10.6. The maximum absolute atomic E-state index is 12.6. The fourth-order valence-corrected chi connectivity index (χ4v) is 4.89. The number of hydrogen-bond acceptors (Lipinski definition) is 4. The third-order valence-electron chi connectivity index (χ3n) is 4.62. The van der Waals surface area contributed by atoms with Gasteiger partial charge in [0, 0.05) is 14.9 Å². The van der Waals surface area contributed by atoms with Gasteiger partial charge in [-0.2, -0.15) is 0 Å². The first kappa shape index (κ1) is 22.3. The monoisotopic (exact) mass is 484 g/mol. The van der Waals surface area contributed by atoms with Gasteiger partial charge in [-0.05, 0) is 71.2 Å². The average molecular weight is 485 g/mol. The number of ether oxygens (including phenoxy) is 2. The number of aryl methyl sites for hydroxylation is 2. The lowest BCUT2D eigenvalue weighted by Crippen LogP contribution is -1.99. The molecule has 0 radical (unpaired) electrons. The maximum Gasteiger partial charge on any atom is 0.195 e. The minimum Gasteiger partial charge on any atom is -0.496 e. The van der Waals surface area contributed by atoms with Gasteiger partial charge in [0.05, 0.1) is 12.0 Å². The highest BCUT2D eigenvalue weighted by molar-refractivity contribution is 9.10. The van der Waals surface area contributed by atoms with Crippen LogP contribution in [0.5, 0.6) is 11.5 Å². The van der Waals surface area contributed by atoms with Crippen LogP contribution in [-0.2, 0) is 13.0 Å². The van der Waals surface area contributed by atoms with E-state index in [0.29, 0.717) is 6.61 Å². The van der Waals surface area contributed by atoms with Crippen LogP contribution >= 0.6 is 27.3 Å². The summed E-state index contributed by atoms with van der Waals surface area (Å²) < 4.78 is 12.4. The van der Waals surface area contributed by atoms with Crippen molar-refractivity contribution in [1.29, 1.82) is 0 Å². The van der Waals surface area contributed by atoms with Crippen molar-refractivity contribution >= 4 is 39.1 Å². The molecule has 0 N–H and O–H groups in total.